The van der Waals surface area contributed by atoms with Gasteiger partial charge in [-0.15, -0.1) is 0 Å². The van der Waals surface area contributed by atoms with E-state index in [1.807, 2.05) is 0 Å². The van der Waals surface area contributed by atoms with E-state index in [4.69, 9.17) is 0 Å². The van der Waals surface area contributed by atoms with Gasteiger partial charge in [0.1, 0.15) is 0 Å². The van der Waals surface area contributed by atoms with Gasteiger partial charge in [-0.2, -0.15) is 52.7 Å². The second kappa shape index (κ2) is 6.44. The van der Waals surface area contributed by atoms with E-state index in [-0.39, 0.29) is 0 Å². The van der Waals surface area contributed by atoms with Gasteiger partial charge in [-0.05, 0) is 0 Å². The van der Waals surface area contributed by atoms with E-state index in [1.54, 1.807) is 0 Å². The molecule has 15 heteroatoms. The van der Waals surface area contributed by atoms with Crippen LogP contribution in [0.5, 0.6) is 0 Å². The van der Waals surface area contributed by atoms with Crippen LogP contribution in [0, 0.1) is 0 Å². The molecule has 0 rings (SSSR count). The van der Waals surface area contributed by atoms with Crippen LogP contribution in [0.1, 0.15) is 12.8 Å². The van der Waals surface area contributed by atoms with E-state index >= 15 is 0 Å². The zero-order valence-corrected chi connectivity index (χ0v) is 11.9. The van der Waals surface area contributed by atoms with Crippen molar-refractivity contribution in [3.05, 3.63) is 0 Å². The number of hydrogen-bond donors (Lipinski definition) is 0. The van der Waals surface area contributed by atoms with E-state index in [0.29, 0.717) is 0 Å². The highest BCUT2D eigenvalue weighted by Gasteiger charge is 2.72. The molecule has 0 radical (unpaired) electrons. The average molecular weight is 408 g/mol. The summed E-state index contributed by atoms with van der Waals surface area (Å²) in [4.78, 5) is 0. The molecule has 0 aliphatic rings. The molecular weight excluding hydrogens is 400 g/mol. The van der Waals surface area contributed by atoms with Crippen molar-refractivity contribution >= 4 is 9.84 Å². The Kier molecular flexibility index (Phi) is 6.20. The van der Waals surface area contributed by atoms with Gasteiger partial charge in [0, 0.05) is 12.8 Å². The molecule has 0 bridgehead atoms. The molecule has 2 nitrogen and oxygen atoms in total. The molecule has 0 aromatic heterocycles. The van der Waals surface area contributed by atoms with Gasteiger partial charge in [0.05, 0.1) is 11.5 Å². The van der Waals surface area contributed by atoms with E-state index < -0.39 is 64.3 Å². The first-order valence-corrected chi connectivity index (χ1v) is 7.46. The van der Waals surface area contributed by atoms with Crippen molar-refractivity contribution in [2.45, 2.75) is 43.0 Å². The first-order valence-electron chi connectivity index (χ1n) is 5.64. The predicted molar refractivity (Wildman–Crippen MR) is 54.8 cm³/mol. The van der Waals surface area contributed by atoms with Gasteiger partial charge in [0.2, 0.25) is 0 Å². The van der Waals surface area contributed by atoms with Gasteiger partial charge in [0.15, 0.2) is 9.84 Å². The molecule has 0 amide bonds. The largest absolute Gasteiger partial charge is 0.459 e. The molecule has 0 heterocycles. The number of halogens is 12. The first-order chi connectivity index (χ1) is 10.2. The summed E-state index contributed by atoms with van der Waals surface area (Å²) in [6.07, 6.45) is -17.9. The Bertz CT molecular complexity index is 530. The molecule has 146 valence electrons. The number of alkyl halides is 12. The third kappa shape index (κ3) is 5.31. The second-order valence-corrected chi connectivity index (χ2v) is 6.93. The lowest BCUT2D eigenvalue weighted by atomic mass is 10.1. The van der Waals surface area contributed by atoms with Gasteiger partial charge < -0.3 is 0 Å². The summed E-state index contributed by atoms with van der Waals surface area (Å²) >= 11 is 0. The highest BCUT2D eigenvalue weighted by molar-refractivity contribution is 7.91. The van der Waals surface area contributed by atoms with Gasteiger partial charge in [-0.3, -0.25) is 0 Å². The highest BCUT2D eigenvalue weighted by Crippen LogP contribution is 2.48. The monoisotopic (exact) mass is 408 g/mol. The van der Waals surface area contributed by atoms with Crippen molar-refractivity contribution in [2.24, 2.45) is 0 Å². The molecular formula is C9H8F12O2S. The fraction of sp³-hybridized carbons (Fsp3) is 1.00. The van der Waals surface area contributed by atoms with E-state index in [1.165, 1.54) is 0 Å². The summed E-state index contributed by atoms with van der Waals surface area (Å²) in [6, 6.07) is 0. The van der Waals surface area contributed by atoms with Crippen molar-refractivity contribution in [2.75, 3.05) is 11.5 Å². The van der Waals surface area contributed by atoms with Crippen LogP contribution in [-0.2, 0) is 9.84 Å². The third-order valence-corrected chi connectivity index (χ3v) is 4.34. The van der Waals surface area contributed by atoms with Crippen LogP contribution in [0.3, 0.4) is 0 Å². The van der Waals surface area contributed by atoms with Crippen molar-refractivity contribution < 1.29 is 61.1 Å². The summed E-state index contributed by atoms with van der Waals surface area (Å²) in [5.41, 5.74) is 0. The standard InChI is InChI=1S/C9H8F12O2S/c10-5(11,7(14,15)9(19,20)21)1-3-24(22,23)4-2-6(12,13)8(16,17)18/h1-4H2. The van der Waals surface area contributed by atoms with Crippen molar-refractivity contribution in [1.29, 1.82) is 0 Å². The molecule has 24 heavy (non-hydrogen) atoms. The lowest BCUT2D eigenvalue weighted by Crippen LogP contribution is -2.52. The summed E-state index contributed by atoms with van der Waals surface area (Å²) in [5, 5.41) is 0. The van der Waals surface area contributed by atoms with Crippen LogP contribution in [0.2, 0.25) is 0 Å². The van der Waals surface area contributed by atoms with Gasteiger partial charge >= 0.3 is 30.1 Å². The molecule has 0 aliphatic carbocycles. The second-order valence-electron chi connectivity index (χ2n) is 4.63. The zero-order valence-electron chi connectivity index (χ0n) is 11.1. The Morgan fingerprint density at radius 2 is 0.875 bits per heavy atom. The number of hydrogen-bond acceptors (Lipinski definition) is 2. The zero-order chi connectivity index (χ0) is 19.8. The Labute approximate surface area is 126 Å². The average Bonchev–Trinajstić information content (AvgIpc) is 2.32. The summed E-state index contributed by atoms with van der Waals surface area (Å²) in [7, 11) is -5.17. The fourth-order valence-electron chi connectivity index (χ4n) is 1.18. The summed E-state index contributed by atoms with van der Waals surface area (Å²) in [5.74, 6) is -22.2. The summed E-state index contributed by atoms with van der Waals surface area (Å²) in [6.45, 7) is 0. The maximum absolute atomic E-state index is 12.8. The van der Waals surface area contributed by atoms with E-state index in [2.05, 4.69) is 0 Å². The molecule has 0 aromatic carbocycles. The fourth-order valence-corrected chi connectivity index (χ4v) is 2.51. The number of rotatable bonds is 7. The maximum atomic E-state index is 12.8. The lowest BCUT2D eigenvalue weighted by Gasteiger charge is -2.28. The van der Waals surface area contributed by atoms with Crippen molar-refractivity contribution in [3.63, 3.8) is 0 Å². The van der Waals surface area contributed by atoms with Crippen LogP contribution in [-0.4, -0.2) is 50.0 Å². The van der Waals surface area contributed by atoms with Crippen LogP contribution in [0.4, 0.5) is 52.7 Å². The topological polar surface area (TPSA) is 34.1 Å². The molecule has 0 aliphatic heterocycles. The minimum absolute atomic E-state index is 2.03. The molecule has 0 N–H and O–H groups in total. The minimum Gasteiger partial charge on any atom is -0.229 e. The third-order valence-electron chi connectivity index (χ3n) is 2.68. The SMILES string of the molecule is O=S(=O)(CCC(F)(F)C(F)(F)F)CCC(F)(F)C(F)(F)C(F)(F)F. The lowest BCUT2D eigenvalue weighted by molar-refractivity contribution is -0.354. The van der Waals surface area contributed by atoms with Crippen LogP contribution < -0.4 is 0 Å². The van der Waals surface area contributed by atoms with Gasteiger partial charge in [-0.25, -0.2) is 8.42 Å². The molecule has 0 saturated carbocycles. The number of sulfone groups is 1. The molecule has 0 saturated heterocycles. The van der Waals surface area contributed by atoms with Crippen molar-refractivity contribution in [1.82, 2.24) is 0 Å². The predicted octanol–water partition coefficient (Wildman–Crippen LogP) is 4.21. The van der Waals surface area contributed by atoms with Crippen LogP contribution in [0.15, 0.2) is 0 Å². The Hall–Kier alpha value is -0.890. The Morgan fingerprint density at radius 1 is 0.542 bits per heavy atom. The molecule has 0 fully saturated rings. The molecule has 0 aromatic rings. The highest BCUT2D eigenvalue weighted by atomic mass is 32.2. The quantitative estimate of drug-likeness (QED) is 0.592. The molecule has 0 atom stereocenters. The van der Waals surface area contributed by atoms with Crippen molar-refractivity contribution in [3.8, 4) is 0 Å². The van der Waals surface area contributed by atoms with E-state index in [0.717, 1.165) is 0 Å². The maximum Gasteiger partial charge on any atom is 0.459 e. The van der Waals surface area contributed by atoms with Gasteiger partial charge in [0.25, 0.3) is 0 Å². The van der Waals surface area contributed by atoms with Crippen LogP contribution in [0.25, 0.3) is 0 Å². The summed E-state index contributed by atoms with van der Waals surface area (Å²) < 4.78 is 168. The smallest absolute Gasteiger partial charge is 0.229 e. The van der Waals surface area contributed by atoms with Crippen LogP contribution >= 0.6 is 0 Å². The molecule has 0 spiro atoms. The normalized spacial score (nSPS) is 15.7. The molecule has 0 unspecified atom stereocenters. The van der Waals surface area contributed by atoms with E-state index in [9.17, 15) is 61.1 Å². The Balaban J connectivity index is 4.98. The Morgan fingerprint density at radius 3 is 1.17 bits per heavy atom. The first kappa shape index (κ1) is 23.1. The van der Waals surface area contributed by atoms with Gasteiger partial charge in [-0.1, -0.05) is 0 Å². The minimum atomic E-state index is -6.72.